The van der Waals surface area contributed by atoms with Gasteiger partial charge in [-0.3, -0.25) is 4.79 Å². The van der Waals surface area contributed by atoms with Crippen molar-refractivity contribution in [2.45, 2.75) is 38.6 Å². The Kier molecular flexibility index (Phi) is 3.84. The zero-order valence-corrected chi connectivity index (χ0v) is 10.7. The lowest BCUT2D eigenvalue weighted by Crippen LogP contribution is -2.34. The third-order valence-electron chi connectivity index (χ3n) is 3.22. The number of carbonyl (C=O) groups excluding carboxylic acids is 1. The summed E-state index contributed by atoms with van der Waals surface area (Å²) < 4.78 is 13.7. The molecule has 0 heterocycles. The fourth-order valence-electron chi connectivity index (χ4n) is 2.03. The van der Waals surface area contributed by atoms with Crippen LogP contribution in [0.3, 0.4) is 0 Å². The van der Waals surface area contributed by atoms with Crippen molar-refractivity contribution < 1.29 is 9.18 Å². The topological polar surface area (TPSA) is 46.3 Å². The van der Waals surface area contributed by atoms with Gasteiger partial charge in [0.1, 0.15) is 5.82 Å². The van der Waals surface area contributed by atoms with Gasteiger partial charge in [-0.05, 0) is 37.5 Å². The smallest absolute Gasteiger partial charge is 0.257 e. The van der Waals surface area contributed by atoms with Gasteiger partial charge in [0.15, 0.2) is 0 Å². The Balaban J connectivity index is 2.19. The Bertz CT molecular complexity index is 443. The standard InChI is InChI=1S/C14H19FN2O/c1-2-3-8-17(11-5-6-11)14(18)12-9-10(16)4-7-13(12)15/h4,7,9,11H,2-3,5-6,8,16H2,1H3. The molecule has 1 amide bonds. The van der Waals surface area contributed by atoms with E-state index in [0.717, 1.165) is 25.7 Å². The number of carbonyl (C=O) groups is 1. The van der Waals surface area contributed by atoms with Crippen LogP contribution in [0.25, 0.3) is 0 Å². The van der Waals surface area contributed by atoms with Crippen LogP contribution in [0.2, 0.25) is 0 Å². The molecular weight excluding hydrogens is 231 g/mol. The normalized spacial score (nSPS) is 14.6. The van der Waals surface area contributed by atoms with Crippen molar-refractivity contribution in [3.05, 3.63) is 29.6 Å². The number of halogens is 1. The average molecular weight is 250 g/mol. The first kappa shape index (κ1) is 12.9. The van der Waals surface area contributed by atoms with Crippen LogP contribution in [0.5, 0.6) is 0 Å². The highest BCUT2D eigenvalue weighted by atomic mass is 19.1. The van der Waals surface area contributed by atoms with Crippen LogP contribution in [0, 0.1) is 5.82 Å². The summed E-state index contributed by atoms with van der Waals surface area (Å²) in [5, 5.41) is 0. The Morgan fingerprint density at radius 1 is 1.50 bits per heavy atom. The van der Waals surface area contributed by atoms with Crippen molar-refractivity contribution in [1.29, 1.82) is 0 Å². The molecule has 0 bridgehead atoms. The molecular formula is C14H19FN2O. The highest BCUT2D eigenvalue weighted by Crippen LogP contribution is 2.29. The number of amides is 1. The van der Waals surface area contributed by atoms with Gasteiger partial charge < -0.3 is 10.6 Å². The summed E-state index contributed by atoms with van der Waals surface area (Å²) in [6.45, 7) is 2.78. The summed E-state index contributed by atoms with van der Waals surface area (Å²) in [5.41, 5.74) is 6.14. The van der Waals surface area contributed by atoms with Crippen molar-refractivity contribution in [2.75, 3.05) is 12.3 Å². The van der Waals surface area contributed by atoms with Crippen LogP contribution >= 0.6 is 0 Å². The zero-order chi connectivity index (χ0) is 13.1. The molecule has 1 aliphatic carbocycles. The van der Waals surface area contributed by atoms with E-state index >= 15 is 0 Å². The Hall–Kier alpha value is -1.58. The molecule has 0 atom stereocenters. The van der Waals surface area contributed by atoms with Crippen LogP contribution in [-0.4, -0.2) is 23.4 Å². The molecule has 2 rings (SSSR count). The van der Waals surface area contributed by atoms with Crippen LogP contribution in [0.15, 0.2) is 18.2 Å². The third-order valence-corrected chi connectivity index (χ3v) is 3.22. The largest absolute Gasteiger partial charge is 0.399 e. The van der Waals surface area contributed by atoms with Gasteiger partial charge in [-0.25, -0.2) is 4.39 Å². The molecule has 0 aliphatic heterocycles. The van der Waals surface area contributed by atoms with Crippen molar-refractivity contribution in [1.82, 2.24) is 4.90 Å². The van der Waals surface area contributed by atoms with Gasteiger partial charge in [-0.15, -0.1) is 0 Å². The van der Waals surface area contributed by atoms with Gasteiger partial charge in [-0.1, -0.05) is 13.3 Å². The number of hydrogen-bond acceptors (Lipinski definition) is 2. The molecule has 1 aromatic rings. The maximum absolute atomic E-state index is 13.7. The number of benzene rings is 1. The van der Waals surface area contributed by atoms with Crippen molar-refractivity contribution in [2.24, 2.45) is 0 Å². The molecule has 2 N–H and O–H groups in total. The van der Waals surface area contributed by atoms with Crippen molar-refractivity contribution in [3.8, 4) is 0 Å². The number of hydrogen-bond donors (Lipinski definition) is 1. The Morgan fingerprint density at radius 3 is 2.83 bits per heavy atom. The second kappa shape index (κ2) is 5.38. The minimum atomic E-state index is -0.489. The SMILES string of the molecule is CCCCN(C(=O)c1cc(N)ccc1F)C1CC1. The molecule has 0 aromatic heterocycles. The molecule has 0 unspecified atom stereocenters. The summed E-state index contributed by atoms with van der Waals surface area (Å²) in [6, 6.07) is 4.45. The van der Waals surface area contributed by atoms with E-state index in [-0.39, 0.29) is 11.5 Å². The van der Waals surface area contributed by atoms with Gasteiger partial charge in [0.25, 0.3) is 5.91 Å². The third kappa shape index (κ3) is 2.81. The predicted molar refractivity (Wildman–Crippen MR) is 69.8 cm³/mol. The molecule has 18 heavy (non-hydrogen) atoms. The zero-order valence-electron chi connectivity index (χ0n) is 10.7. The summed E-state index contributed by atoms with van der Waals surface area (Å²) in [6.07, 6.45) is 4.03. The Morgan fingerprint density at radius 2 is 2.22 bits per heavy atom. The molecule has 98 valence electrons. The summed E-state index contributed by atoms with van der Waals surface area (Å²) in [4.78, 5) is 14.1. The molecule has 3 nitrogen and oxygen atoms in total. The maximum atomic E-state index is 13.7. The van der Waals surface area contributed by atoms with Crippen LogP contribution in [0.1, 0.15) is 43.0 Å². The van der Waals surface area contributed by atoms with E-state index in [0.29, 0.717) is 18.3 Å². The number of anilines is 1. The number of rotatable bonds is 5. The van der Waals surface area contributed by atoms with E-state index in [2.05, 4.69) is 6.92 Å². The second-order valence-electron chi connectivity index (χ2n) is 4.82. The van der Waals surface area contributed by atoms with E-state index in [9.17, 15) is 9.18 Å². The van der Waals surface area contributed by atoms with Crippen LogP contribution in [-0.2, 0) is 0 Å². The second-order valence-corrected chi connectivity index (χ2v) is 4.82. The first-order valence-corrected chi connectivity index (χ1v) is 6.49. The first-order chi connectivity index (χ1) is 8.63. The highest BCUT2D eigenvalue weighted by Gasteiger charge is 2.33. The van der Waals surface area contributed by atoms with E-state index in [4.69, 9.17) is 5.73 Å². The van der Waals surface area contributed by atoms with Crippen LogP contribution in [0.4, 0.5) is 10.1 Å². The first-order valence-electron chi connectivity index (χ1n) is 6.49. The van der Waals surface area contributed by atoms with Crippen molar-refractivity contribution in [3.63, 3.8) is 0 Å². The van der Waals surface area contributed by atoms with E-state index in [1.54, 1.807) is 4.90 Å². The summed E-state index contributed by atoms with van der Waals surface area (Å²) >= 11 is 0. The van der Waals surface area contributed by atoms with Gasteiger partial charge >= 0.3 is 0 Å². The molecule has 1 fully saturated rings. The number of nitrogens with zero attached hydrogens (tertiary/aromatic N) is 1. The summed E-state index contributed by atoms with van der Waals surface area (Å²) in [7, 11) is 0. The molecule has 0 spiro atoms. The summed E-state index contributed by atoms with van der Waals surface area (Å²) in [5.74, 6) is -0.716. The number of unbranched alkanes of at least 4 members (excludes halogenated alkanes) is 1. The van der Waals surface area contributed by atoms with Crippen molar-refractivity contribution >= 4 is 11.6 Å². The van der Waals surface area contributed by atoms with E-state index < -0.39 is 5.82 Å². The Labute approximate surface area is 107 Å². The molecule has 0 saturated heterocycles. The number of nitrogen functional groups attached to an aromatic ring is 1. The molecule has 1 aromatic carbocycles. The lowest BCUT2D eigenvalue weighted by molar-refractivity contribution is 0.0736. The van der Waals surface area contributed by atoms with Gasteiger partial charge in [0, 0.05) is 18.3 Å². The quantitative estimate of drug-likeness (QED) is 0.817. The van der Waals surface area contributed by atoms with Gasteiger partial charge in [0.05, 0.1) is 5.56 Å². The van der Waals surface area contributed by atoms with E-state index in [1.807, 2.05) is 0 Å². The maximum Gasteiger partial charge on any atom is 0.257 e. The lowest BCUT2D eigenvalue weighted by Gasteiger charge is -2.22. The fraction of sp³-hybridized carbons (Fsp3) is 0.500. The molecule has 4 heteroatoms. The van der Waals surface area contributed by atoms with Gasteiger partial charge in [-0.2, -0.15) is 0 Å². The minimum absolute atomic E-state index is 0.0954. The van der Waals surface area contributed by atoms with Crippen LogP contribution < -0.4 is 5.73 Å². The fourth-order valence-corrected chi connectivity index (χ4v) is 2.03. The number of nitrogens with two attached hydrogens (primary N) is 1. The molecule has 1 saturated carbocycles. The molecule has 0 radical (unpaired) electrons. The van der Waals surface area contributed by atoms with Gasteiger partial charge in [0.2, 0.25) is 0 Å². The minimum Gasteiger partial charge on any atom is -0.399 e. The molecule has 1 aliphatic rings. The monoisotopic (exact) mass is 250 g/mol. The lowest BCUT2D eigenvalue weighted by atomic mass is 10.1. The predicted octanol–water partition coefficient (Wildman–Crippen LogP) is 2.81. The highest BCUT2D eigenvalue weighted by molar-refractivity contribution is 5.95. The van der Waals surface area contributed by atoms with E-state index in [1.165, 1.54) is 18.2 Å². The average Bonchev–Trinajstić information content (AvgIpc) is 3.17.